The predicted octanol–water partition coefficient (Wildman–Crippen LogP) is 2.77. The van der Waals surface area contributed by atoms with Crippen molar-refractivity contribution in [1.82, 2.24) is 44.1 Å². The molecule has 0 radical (unpaired) electrons. The lowest BCUT2D eigenvalue weighted by atomic mass is 10.2. The van der Waals surface area contributed by atoms with Crippen LogP contribution in [-0.2, 0) is 20.1 Å². The summed E-state index contributed by atoms with van der Waals surface area (Å²) in [5.41, 5.74) is -1.38. The number of tetrazole rings is 1. The summed E-state index contributed by atoms with van der Waals surface area (Å²) in [5.74, 6) is -3.90. The normalized spacial score (nSPS) is 11.6. The number of halogens is 4. The molecule has 0 fully saturated rings. The molecule has 0 saturated heterocycles. The molecule has 0 bridgehead atoms. The van der Waals surface area contributed by atoms with Crippen LogP contribution in [-0.4, -0.2) is 44.1 Å². The Bertz CT molecular complexity index is 1840. The molecule has 0 amide bonds. The van der Waals surface area contributed by atoms with E-state index >= 15 is 0 Å². The molecule has 0 unspecified atom stereocenters. The number of nitrogens with zero attached hydrogens (tertiary/aromatic N) is 9. The zero-order valence-corrected chi connectivity index (χ0v) is 21.5. The molecule has 0 aliphatic carbocycles. The molecular weight excluding hydrogens is 541 g/mol. The maximum Gasteiger partial charge on any atom is 0.355 e. The van der Waals surface area contributed by atoms with Crippen molar-refractivity contribution in [2.45, 2.75) is 33.0 Å². The lowest BCUT2D eigenvalue weighted by Crippen LogP contribution is -2.43. The number of rotatable bonds is 7. The highest BCUT2D eigenvalue weighted by atomic mass is 35.5. The molecule has 2 aromatic carbocycles. The summed E-state index contributed by atoms with van der Waals surface area (Å²) in [4.78, 5) is 30.6. The fourth-order valence-corrected chi connectivity index (χ4v) is 4.21. The van der Waals surface area contributed by atoms with E-state index < -0.39 is 35.4 Å². The van der Waals surface area contributed by atoms with Crippen molar-refractivity contribution < 1.29 is 13.2 Å². The van der Waals surface area contributed by atoms with Gasteiger partial charge < -0.3 is 5.32 Å². The quantitative estimate of drug-likeness (QED) is 0.301. The van der Waals surface area contributed by atoms with E-state index in [1.165, 1.54) is 4.68 Å². The minimum absolute atomic E-state index is 0.178. The predicted molar refractivity (Wildman–Crippen MR) is 134 cm³/mol. The van der Waals surface area contributed by atoms with Gasteiger partial charge in [0.2, 0.25) is 5.95 Å². The second-order valence-electron chi connectivity index (χ2n) is 8.98. The second-order valence-corrected chi connectivity index (χ2v) is 9.39. The van der Waals surface area contributed by atoms with Crippen molar-refractivity contribution in [3.05, 3.63) is 85.3 Å². The third-order valence-electron chi connectivity index (χ3n) is 5.87. The molecule has 3 aromatic heterocycles. The van der Waals surface area contributed by atoms with Crippen LogP contribution >= 0.6 is 11.6 Å². The highest BCUT2D eigenvalue weighted by molar-refractivity contribution is 6.34. The Kier molecular flexibility index (Phi) is 6.68. The number of fused-ring (bicyclic) bond motifs is 1. The average Bonchev–Trinajstić information content (AvgIpc) is 3.47. The van der Waals surface area contributed by atoms with Crippen LogP contribution in [0.4, 0.5) is 24.8 Å². The molecule has 0 aliphatic heterocycles. The Labute approximate surface area is 222 Å². The minimum Gasteiger partial charge on any atom is -0.324 e. The fraction of sp³-hybridized carbons (Fsp3) is 0.261. The number of hydrogen-bond donors (Lipinski definition) is 1. The average molecular weight is 561 g/mol. The van der Waals surface area contributed by atoms with Crippen LogP contribution < -0.4 is 16.7 Å². The third-order valence-corrected chi connectivity index (χ3v) is 6.18. The van der Waals surface area contributed by atoms with E-state index in [-0.39, 0.29) is 40.6 Å². The van der Waals surface area contributed by atoms with E-state index in [0.29, 0.717) is 23.0 Å². The van der Waals surface area contributed by atoms with Gasteiger partial charge in [0.15, 0.2) is 17.5 Å². The van der Waals surface area contributed by atoms with Gasteiger partial charge in [-0.3, -0.25) is 9.25 Å². The monoisotopic (exact) mass is 560 g/mol. The first kappa shape index (κ1) is 26.1. The molecule has 12 nitrogen and oxygen atoms in total. The molecule has 0 atom stereocenters. The van der Waals surface area contributed by atoms with E-state index in [0.717, 1.165) is 9.13 Å². The number of benzene rings is 2. The lowest BCUT2D eigenvalue weighted by Gasteiger charge is -2.17. The molecule has 0 saturated carbocycles. The number of aryl methyl sites for hydroxylation is 1. The summed E-state index contributed by atoms with van der Waals surface area (Å²) in [6.45, 7) is 2.67. The summed E-state index contributed by atoms with van der Waals surface area (Å²) in [5, 5.41) is 19.3. The van der Waals surface area contributed by atoms with E-state index in [1.807, 2.05) is 0 Å². The zero-order valence-electron chi connectivity index (χ0n) is 20.7. The minimum atomic E-state index is -1.39. The number of anilines is 2. The van der Waals surface area contributed by atoms with Crippen molar-refractivity contribution in [2.75, 3.05) is 5.32 Å². The molecule has 16 heteroatoms. The molecule has 39 heavy (non-hydrogen) atoms. The Morgan fingerprint density at radius 3 is 2.49 bits per heavy atom. The Morgan fingerprint density at radius 1 is 1.00 bits per heavy atom. The van der Waals surface area contributed by atoms with Crippen LogP contribution in [0.15, 0.2) is 40.1 Å². The molecule has 0 spiro atoms. The maximum atomic E-state index is 14.6. The van der Waals surface area contributed by atoms with Crippen LogP contribution in [0.25, 0.3) is 10.9 Å². The van der Waals surface area contributed by atoms with E-state index in [2.05, 4.69) is 30.9 Å². The van der Waals surface area contributed by atoms with Crippen LogP contribution in [0.3, 0.4) is 0 Å². The largest absolute Gasteiger partial charge is 0.355 e. The van der Waals surface area contributed by atoms with Gasteiger partial charge in [0.05, 0.1) is 35.4 Å². The van der Waals surface area contributed by atoms with Gasteiger partial charge in [-0.2, -0.15) is 10.1 Å². The molecule has 1 N–H and O–H groups in total. The zero-order chi connectivity index (χ0) is 28.0. The van der Waals surface area contributed by atoms with Gasteiger partial charge in [0.1, 0.15) is 5.82 Å². The molecule has 202 valence electrons. The number of hydrogen-bond acceptors (Lipinski definition) is 8. The van der Waals surface area contributed by atoms with Crippen molar-refractivity contribution in [3.8, 4) is 0 Å². The highest BCUT2D eigenvalue weighted by Gasteiger charge is 2.20. The van der Waals surface area contributed by atoms with Crippen LogP contribution in [0, 0.1) is 17.5 Å². The first-order chi connectivity index (χ1) is 18.5. The summed E-state index contributed by atoms with van der Waals surface area (Å²) in [7, 11) is 1.73. The van der Waals surface area contributed by atoms with Crippen LogP contribution in [0.2, 0.25) is 5.02 Å². The summed E-state index contributed by atoms with van der Waals surface area (Å²) in [6, 6.07) is 4.02. The summed E-state index contributed by atoms with van der Waals surface area (Å²) < 4.78 is 46.8. The SMILES string of the molecule is CC(C)n1nnnc1Cn1c(=O)nc(Nc2cc3cn(C)nc3cc2Cl)n(Cc2cc(F)c(F)cc2F)c1=O. The van der Waals surface area contributed by atoms with E-state index in [4.69, 9.17) is 11.6 Å². The van der Waals surface area contributed by atoms with Gasteiger partial charge in [-0.15, -0.1) is 5.10 Å². The number of nitrogens with one attached hydrogen (secondary N) is 1. The van der Waals surface area contributed by atoms with Gasteiger partial charge in [-0.05, 0) is 42.5 Å². The second kappa shape index (κ2) is 9.98. The van der Waals surface area contributed by atoms with E-state index in [1.54, 1.807) is 43.9 Å². The summed E-state index contributed by atoms with van der Waals surface area (Å²) in [6.07, 6.45) is 1.73. The molecule has 3 heterocycles. The Hall–Kier alpha value is -4.53. The first-order valence-corrected chi connectivity index (χ1v) is 11.9. The van der Waals surface area contributed by atoms with Crippen molar-refractivity contribution >= 4 is 34.1 Å². The third kappa shape index (κ3) is 4.99. The van der Waals surface area contributed by atoms with Gasteiger partial charge in [-0.1, -0.05) is 11.6 Å². The van der Waals surface area contributed by atoms with Crippen LogP contribution in [0.5, 0.6) is 0 Å². The van der Waals surface area contributed by atoms with Gasteiger partial charge in [0, 0.05) is 30.3 Å². The molecule has 0 aliphatic rings. The first-order valence-electron chi connectivity index (χ1n) is 11.5. The molecule has 5 rings (SSSR count). The molecular formula is C23H20ClF3N10O2. The highest BCUT2D eigenvalue weighted by Crippen LogP contribution is 2.29. The Morgan fingerprint density at radius 2 is 1.74 bits per heavy atom. The van der Waals surface area contributed by atoms with E-state index in [9.17, 15) is 22.8 Å². The van der Waals surface area contributed by atoms with Crippen molar-refractivity contribution in [3.63, 3.8) is 0 Å². The van der Waals surface area contributed by atoms with Crippen molar-refractivity contribution in [1.29, 1.82) is 0 Å². The number of aromatic nitrogens is 9. The van der Waals surface area contributed by atoms with Crippen molar-refractivity contribution in [2.24, 2.45) is 7.05 Å². The maximum absolute atomic E-state index is 14.6. The Balaban J connectivity index is 1.65. The standard InChI is InChI=1S/C23H20ClF3N10O2/c1-11(2)37-20(30-32-33-37)10-36-22(38)29-21(28-19-5-13-8-34(3)31-18(13)6-14(19)24)35(23(36)39)9-12-4-16(26)17(27)7-15(12)25/h4-8,11H,9-10H2,1-3H3,(H,28,29,38). The fourth-order valence-electron chi connectivity index (χ4n) is 4.00. The van der Waals surface area contributed by atoms with Gasteiger partial charge in [0.25, 0.3) is 0 Å². The van der Waals surface area contributed by atoms with Gasteiger partial charge >= 0.3 is 11.4 Å². The lowest BCUT2D eigenvalue weighted by molar-refractivity contribution is 0.471. The summed E-state index contributed by atoms with van der Waals surface area (Å²) >= 11 is 6.40. The van der Waals surface area contributed by atoms with Crippen LogP contribution in [0.1, 0.15) is 31.3 Å². The topological polar surface area (TPSA) is 130 Å². The smallest absolute Gasteiger partial charge is 0.324 e. The van der Waals surface area contributed by atoms with Gasteiger partial charge in [-0.25, -0.2) is 32.0 Å². The molecule has 5 aromatic rings.